The summed E-state index contributed by atoms with van der Waals surface area (Å²) in [5, 5.41) is 0. The van der Waals surface area contributed by atoms with Gasteiger partial charge >= 0.3 is 0 Å². The number of carbonyl (C=O) groups is 1. The molecule has 0 bridgehead atoms. The maximum Gasteiger partial charge on any atom is 0.231 e. The molecule has 2 N–H and O–H groups in total. The topological polar surface area (TPSA) is 46.3 Å². The van der Waals surface area contributed by atoms with E-state index in [4.69, 9.17) is 5.73 Å². The van der Waals surface area contributed by atoms with Crippen molar-refractivity contribution in [3.8, 4) is 0 Å². The molecule has 0 aromatic heterocycles. The van der Waals surface area contributed by atoms with Gasteiger partial charge in [0.15, 0.2) is 0 Å². The highest BCUT2D eigenvalue weighted by Crippen LogP contribution is 2.17. The minimum absolute atomic E-state index is 0. The van der Waals surface area contributed by atoms with Gasteiger partial charge in [0.05, 0.1) is 5.92 Å². The first-order valence-corrected chi connectivity index (χ1v) is 6.78. The monoisotopic (exact) mass is 284 g/mol. The van der Waals surface area contributed by atoms with Gasteiger partial charge < -0.3 is 10.6 Å². The zero-order valence-corrected chi connectivity index (χ0v) is 12.7. The summed E-state index contributed by atoms with van der Waals surface area (Å²) in [7, 11) is 0. The second-order valence-electron chi connectivity index (χ2n) is 4.52. The Morgan fingerprint density at radius 3 is 2.11 bits per heavy atom. The average molecular weight is 285 g/mol. The predicted molar refractivity (Wildman–Crippen MR) is 82.6 cm³/mol. The Labute approximate surface area is 122 Å². The summed E-state index contributed by atoms with van der Waals surface area (Å²) < 4.78 is 0. The highest BCUT2D eigenvalue weighted by atomic mass is 35.5. The lowest BCUT2D eigenvalue weighted by Gasteiger charge is -2.26. The van der Waals surface area contributed by atoms with Gasteiger partial charge in [-0.3, -0.25) is 4.79 Å². The molecule has 1 unspecified atom stereocenters. The van der Waals surface area contributed by atoms with Crippen LogP contribution in [0, 0.1) is 0 Å². The van der Waals surface area contributed by atoms with E-state index in [1.54, 1.807) is 0 Å². The van der Waals surface area contributed by atoms with Crippen LogP contribution in [0.5, 0.6) is 0 Å². The van der Waals surface area contributed by atoms with Gasteiger partial charge in [-0.15, -0.1) is 12.4 Å². The van der Waals surface area contributed by atoms with Crippen molar-refractivity contribution in [3.63, 3.8) is 0 Å². The van der Waals surface area contributed by atoms with Crippen molar-refractivity contribution < 1.29 is 4.79 Å². The van der Waals surface area contributed by atoms with E-state index in [1.165, 1.54) is 0 Å². The van der Waals surface area contributed by atoms with Gasteiger partial charge in [-0.2, -0.15) is 0 Å². The fourth-order valence-electron chi connectivity index (χ4n) is 2.16. The zero-order chi connectivity index (χ0) is 13.4. The predicted octanol–water partition coefficient (Wildman–Crippen LogP) is 2.80. The second kappa shape index (κ2) is 9.82. The summed E-state index contributed by atoms with van der Waals surface area (Å²) in [5.74, 6) is -0.0447. The minimum atomic E-state index is -0.204. The molecule has 1 rings (SSSR count). The molecule has 0 saturated heterocycles. The van der Waals surface area contributed by atoms with E-state index in [0.29, 0.717) is 6.54 Å². The molecule has 19 heavy (non-hydrogen) atoms. The molecule has 108 valence electrons. The molecule has 0 aliphatic heterocycles. The van der Waals surface area contributed by atoms with Crippen molar-refractivity contribution in [3.05, 3.63) is 35.9 Å². The lowest BCUT2D eigenvalue weighted by Crippen LogP contribution is -2.38. The lowest BCUT2D eigenvalue weighted by molar-refractivity contribution is -0.132. The van der Waals surface area contributed by atoms with E-state index in [9.17, 15) is 4.79 Å². The van der Waals surface area contributed by atoms with Gasteiger partial charge in [0, 0.05) is 19.6 Å². The molecule has 0 fully saturated rings. The molecule has 0 saturated carbocycles. The Balaban J connectivity index is 0.00000324. The van der Waals surface area contributed by atoms with Gasteiger partial charge in [0.2, 0.25) is 5.91 Å². The van der Waals surface area contributed by atoms with Crippen LogP contribution >= 0.6 is 12.4 Å². The van der Waals surface area contributed by atoms with Gasteiger partial charge in [-0.1, -0.05) is 44.2 Å². The van der Waals surface area contributed by atoms with Crippen LogP contribution in [0.2, 0.25) is 0 Å². The summed E-state index contributed by atoms with van der Waals surface area (Å²) in [5.41, 5.74) is 6.80. The molecule has 1 amide bonds. The molecule has 0 aliphatic carbocycles. The molecular formula is C15H25ClN2O. The normalized spacial score (nSPS) is 11.5. The third-order valence-corrected chi connectivity index (χ3v) is 3.03. The Morgan fingerprint density at radius 2 is 1.68 bits per heavy atom. The van der Waals surface area contributed by atoms with E-state index in [2.05, 4.69) is 13.8 Å². The van der Waals surface area contributed by atoms with Gasteiger partial charge in [0.25, 0.3) is 0 Å². The standard InChI is InChI=1S/C15H24N2O.ClH/c1-3-10-17(11-4-2)15(18)14(12-16)13-8-6-5-7-9-13;/h5-9,14H,3-4,10-12,16H2,1-2H3;1H. The summed E-state index contributed by atoms with van der Waals surface area (Å²) in [6.45, 7) is 6.19. The van der Waals surface area contributed by atoms with Crippen LogP contribution in [0.1, 0.15) is 38.2 Å². The van der Waals surface area contributed by atoms with Gasteiger partial charge in [-0.05, 0) is 18.4 Å². The summed E-state index contributed by atoms with van der Waals surface area (Å²) in [6, 6.07) is 9.82. The summed E-state index contributed by atoms with van der Waals surface area (Å²) in [4.78, 5) is 14.4. The van der Waals surface area contributed by atoms with Crippen molar-refractivity contribution >= 4 is 18.3 Å². The van der Waals surface area contributed by atoms with Crippen molar-refractivity contribution in [1.82, 2.24) is 4.90 Å². The Morgan fingerprint density at radius 1 is 1.16 bits per heavy atom. The first-order valence-electron chi connectivity index (χ1n) is 6.78. The number of nitrogens with zero attached hydrogens (tertiary/aromatic N) is 1. The van der Waals surface area contributed by atoms with E-state index in [-0.39, 0.29) is 24.2 Å². The Bertz CT molecular complexity index is 350. The fraction of sp³-hybridized carbons (Fsp3) is 0.533. The minimum Gasteiger partial charge on any atom is -0.342 e. The molecule has 0 aliphatic rings. The Kier molecular flexibility index (Phi) is 9.27. The summed E-state index contributed by atoms with van der Waals surface area (Å²) in [6.07, 6.45) is 1.97. The number of benzene rings is 1. The van der Waals surface area contributed by atoms with Crippen LogP contribution < -0.4 is 5.73 Å². The van der Waals surface area contributed by atoms with E-state index < -0.39 is 0 Å². The van der Waals surface area contributed by atoms with Crippen molar-refractivity contribution in [2.24, 2.45) is 5.73 Å². The zero-order valence-electron chi connectivity index (χ0n) is 11.8. The highest BCUT2D eigenvalue weighted by molar-refractivity contribution is 5.85. The van der Waals surface area contributed by atoms with Crippen LogP contribution in [-0.4, -0.2) is 30.4 Å². The number of amides is 1. The number of halogens is 1. The van der Waals surface area contributed by atoms with Crippen LogP contribution in [0.25, 0.3) is 0 Å². The molecular weight excluding hydrogens is 260 g/mol. The van der Waals surface area contributed by atoms with Crippen LogP contribution in [0.3, 0.4) is 0 Å². The maximum atomic E-state index is 12.5. The number of hydrogen-bond acceptors (Lipinski definition) is 2. The molecule has 1 atom stereocenters. The van der Waals surface area contributed by atoms with Crippen LogP contribution in [0.4, 0.5) is 0 Å². The third kappa shape index (κ3) is 5.21. The van der Waals surface area contributed by atoms with Crippen molar-refractivity contribution in [2.45, 2.75) is 32.6 Å². The van der Waals surface area contributed by atoms with E-state index in [1.807, 2.05) is 35.2 Å². The van der Waals surface area contributed by atoms with E-state index in [0.717, 1.165) is 31.5 Å². The van der Waals surface area contributed by atoms with Crippen LogP contribution in [0.15, 0.2) is 30.3 Å². The fourth-order valence-corrected chi connectivity index (χ4v) is 2.16. The van der Waals surface area contributed by atoms with Crippen molar-refractivity contribution in [2.75, 3.05) is 19.6 Å². The molecule has 4 heteroatoms. The molecule has 0 radical (unpaired) electrons. The number of hydrogen-bond donors (Lipinski definition) is 1. The maximum absolute atomic E-state index is 12.5. The van der Waals surface area contributed by atoms with Crippen LogP contribution in [-0.2, 0) is 4.79 Å². The summed E-state index contributed by atoms with van der Waals surface area (Å²) >= 11 is 0. The largest absolute Gasteiger partial charge is 0.342 e. The molecule has 1 aromatic rings. The molecule has 3 nitrogen and oxygen atoms in total. The number of carbonyl (C=O) groups excluding carboxylic acids is 1. The smallest absolute Gasteiger partial charge is 0.231 e. The SMILES string of the molecule is CCCN(CCC)C(=O)C(CN)c1ccccc1.Cl. The van der Waals surface area contributed by atoms with Gasteiger partial charge in [0.1, 0.15) is 0 Å². The van der Waals surface area contributed by atoms with Gasteiger partial charge in [-0.25, -0.2) is 0 Å². The highest BCUT2D eigenvalue weighted by Gasteiger charge is 2.23. The lowest BCUT2D eigenvalue weighted by atomic mass is 9.97. The first-order chi connectivity index (χ1) is 8.74. The molecule has 0 heterocycles. The molecule has 1 aromatic carbocycles. The number of rotatable bonds is 7. The quantitative estimate of drug-likeness (QED) is 0.837. The van der Waals surface area contributed by atoms with E-state index >= 15 is 0 Å². The van der Waals surface area contributed by atoms with Crippen molar-refractivity contribution in [1.29, 1.82) is 0 Å². The third-order valence-electron chi connectivity index (χ3n) is 3.03. The first kappa shape index (κ1) is 17.9. The number of nitrogens with two attached hydrogens (primary N) is 1. The average Bonchev–Trinajstić information content (AvgIpc) is 2.40. The molecule has 0 spiro atoms. The Hall–Kier alpha value is -1.06. The second-order valence-corrected chi connectivity index (χ2v) is 4.52.